The van der Waals surface area contributed by atoms with Crippen molar-refractivity contribution in [1.29, 1.82) is 0 Å². The van der Waals surface area contributed by atoms with E-state index in [4.69, 9.17) is 4.74 Å². The van der Waals surface area contributed by atoms with E-state index >= 15 is 0 Å². The quantitative estimate of drug-likeness (QED) is 0.865. The van der Waals surface area contributed by atoms with Crippen LogP contribution in [0.2, 0.25) is 0 Å². The van der Waals surface area contributed by atoms with Crippen LogP contribution in [0.15, 0.2) is 36.4 Å². The van der Waals surface area contributed by atoms with Gasteiger partial charge in [-0.05, 0) is 46.7 Å². The second-order valence-electron chi connectivity index (χ2n) is 6.47. The monoisotopic (exact) mass is 279 g/mol. The largest absolute Gasteiger partial charge is 0.497 e. The molecule has 0 aromatic heterocycles. The summed E-state index contributed by atoms with van der Waals surface area (Å²) in [6.45, 7) is 4.50. The maximum atomic E-state index is 5.53. The third-order valence-electron chi connectivity index (χ3n) is 4.96. The van der Waals surface area contributed by atoms with Gasteiger partial charge < -0.3 is 10.1 Å². The summed E-state index contributed by atoms with van der Waals surface area (Å²) in [6.07, 6.45) is 1.13. The molecule has 2 heteroatoms. The number of ether oxygens (including phenoxy) is 1. The zero-order valence-electron chi connectivity index (χ0n) is 12.8. The minimum atomic E-state index is 0.431. The fourth-order valence-corrected chi connectivity index (χ4v) is 3.91. The number of anilines is 1. The van der Waals surface area contributed by atoms with Crippen molar-refractivity contribution in [3.8, 4) is 5.75 Å². The van der Waals surface area contributed by atoms with Gasteiger partial charge in [0.05, 0.1) is 13.2 Å². The second kappa shape index (κ2) is 4.52. The minimum Gasteiger partial charge on any atom is -0.497 e. The van der Waals surface area contributed by atoms with Gasteiger partial charge in [-0.25, -0.2) is 0 Å². The second-order valence-corrected chi connectivity index (χ2v) is 6.47. The lowest BCUT2D eigenvalue weighted by Crippen LogP contribution is -2.06. The molecule has 0 saturated carbocycles. The predicted octanol–water partition coefficient (Wildman–Crippen LogP) is 4.63. The average molecular weight is 279 g/mol. The van der Waals surface area contributed by atoms with Gasteiger partial charge in [0.15, 0.2) is 0 Å². The van der Waals surface area contributed by atoms with Crippen molar-refractivity contribution in [3.05, 3.63) is 58.7 Å². The first-order valence-electron chi connectivity index (χ1n) is 7.75. The molecule has 108 valence electrons. The molecule has 2 aliphatic rings. The molecule has 1 N–H and O–H groups in total. The Morgan fingerprint density at radius 3 is 2.71 bits per heavy atom. The summed E-state index contributed by atoms with van der Waals surface area (Å²) in [4.78, 5) is 0. The molecular weight excluding hydrogens is 258 g/mol. The molecule has 1 heterocycles. The van der Waals surface area contributed by atoms with Gasteiger partial charge in [0.2, 0.25) is 0 Å². The van der Waals surface area contributed by atoms with Crippen molar-refractivity contribution >= 4 is 5.69 Å². The van der Waals surface area contributed by atoms with Crippen LogP contribution in [-0.4, -0.2) is 7.11 Å². The summed E-state index contributed by atoms with van der Waals surface area (Å²) in [5.41, 5.74) is 7.10. The van der Waals surface area contributed by atoms with Crippen LogP contribution in [0.5, 0.6) is 5.75 Å². The molecule has 0 fully saturated rings. The summed E-state index contributed by atoms with van der Waals surface area (Å²) >= 11 is 0. The van der Waals surface area contributed by atoms with Crippen LogP contribution in [0.3, 0.4) is 0 Å². The van der Waals surface area contributed by atoms with E-state index < -0.39 is 0 Å². The third kappa shape index (κ3) is 1.78. The Labute approximate surface area is 126 Å². The molecule has 2 nitrogen and oxygen atoms in total. The van der Waals surface area contributed by atoms with Gasteiger partial charge in [-0.3, -0.25) is 0 Å². The Hall–Kier alpha value is -1.96. The van der Waals surface area contributed by atoms with Crippen molar-refractivity contribution in [2.75, 3.05) is 12.4 Å². The van der Waals surface area contributed by atoms with Crippen molar-refractivity contribution in [3.63, 3.8) is 0 Å². The van der Waals surface area contributed by atoms with E-state index in [0.29, 0.717) is 17.9 Å². The Morgan fingerprint density at radius 1 is 1.14 bits per heavy atom. The minimum absolute atomic E-state index is 0.431. The van der Waals surface area contributed by atoms with Gasteiger partial charge in [-0.15, -0.1) is 0 Å². The van der Waals surface area contributed by atoms with Gasteiger partial charge in [0.25, 0.3) is 0 Å². The number of hydrogen-bond donors (Lipinski definition) is 1. The van der Waals surface area contributed by atoms with Crippen LogP contribution in [0, 0.1) is 0 Å². The Bertz CT molecular complexity index is 705. The number of rotatable bonds is 2. The highest BCUT2D eigenvalue weighted by Crippen LogP contribution is 2.54. The highest BCUT2D eigenvalue weighted by molar-refractivity contribution is 5.70. The number of hydrogen-bond acceptors (Lipinski definition) is 2. The summed E-state index contributed by atoms with van der Waals surface area (Å²) in [7, 11) is 1.76. The first-order chi connectivity index (χ1) is 10.2. The van der Waals surface area contributed by atoms with Crippen LogP contribution >= 0.6 is 0 Å². The highest BCUT2D eigenvalue weighted by atomic mass is 16.5. The number of methoxy groups -OCH3 is 1. The molecule has 2 aromatic carbocycles. The van der Waals surface area contributed by atoms with Crippen molar-refractivity contribution in [2.45, 2.75) is 38.1 Å². The van der Waals surface area contributed by atoms with Crippen LogP contribution in [0.4, 0.5) is 5.69 Å². The number of benzene rings is 2. The molecule has 4 rings (SSSR count). The Kier molecular flexibility index (Phi) is 2.75. The summed E-state index contributed by atoms with van der Waals surface area (Å²) in [5, 5.41) is 3.80. The molecule has 0 spiro atoms. The predicted molar refractivity (Wildman–Crippen MR) is 86.3 cm³/mol. The van der Waals surface area contributed by atoms with E-state index in [0.717, 1.165) is 12.2 Å². The SMILES string of the molecule is COc1cc(C(C)C)c2c(c1)[C@H]1Cc3ccccc3[C@H]1N2. The van der Waals surface area contributed by atoms with Gasteiger partial charge in [0.1, 0.15) is 5.75 Å². The van der Waals surface area contributed by atoms with Gasteiger partial charge in [0, 0.05) is 11.6 Å². The zero-order valence-corrected chi connectivity index (χ0v) is 12.8. The average Bonchev–Trinajstić information content (AvgIpc) is 3.02. The van der Waals surface area contributed by atoms with Crippen LogP contribution < -0.4 is 10.1 Å². The van der Waals surface area contributed by atoms with E-state index in [1.54, 1.807) is 7.11 Å². The normalized spacial score (nSPS) is 21.7. The molecule has 1 aliphatic heterocycles. The number of fused-ring (bicyclic) bond motifs is 5. The first-order valence-corrected chi connectivity index (χ1v) is 7.75. The maximum absolute atomic E-state index is 5.53. The van der Waals surface area contributed by atoms with Crippen molar-refractivity contribution in [2.24, 2.45) is 0 Å². The molecule has 0 radical (unpaired) electrons. The van der Waals surface area contributed by atoms with Crippen LogP contribution in [0.25, 0.3) is 0 Å². The summed E-state index contributed by atoms with van der Waals surface area (Å²) in [5.74, 6) is 2.02. The van der Waals surface area contributed by atoms with Gasteiger partial charge in [-0.2, -0.15) is 0 Å². The van der Waals surface area contributed by atoms with E-state index in [9.17, 15) is 0 Å². The standard InChI is InChI=1S/C19H21NO/c1-11(2)15-9-13(21-3)10-17-16-8-12-6-4-5-7-14(12)18(16)20-19(15)17/h4-7,9-11,16,18,20H,8H2,1-3H3/t16-,18-/m1/s1. The highest BCUT2D eigenvalue weighted by Gasteiger charge is 2.40. The molecule has 1 aliphatic carbocycles. The van der Waals surface area contributed by atoms with Crippen molar-refractivity contribution in [1.82, 2.24) is 0 Å². The third-order valence-corrected chi connectivity index (χ3v) is 4.96. The molecular formula is C19H21NO. The summed E-state index contributed by atoms with van der Waals surface area (Å²) in [6, 6.07) is 13.7. The lowest BCUT2D eigenvalue weighted by molar-refractivity contribution is 0.413. The molecule has 0 saturated heterocycles. The molecule has 21 heavy (non-hydrogen) atoms. The molecule has 0 bridgehead atoms. The van der Waals surface area contributed by atoms with Gasteiger partial charge in [-0.1, -0.05) is 38.1 Å². The van der Waals surface area contributed by atoms with E-state index in [-0.39, 0.29) is 0 Å². The molecule has 0 amide bonds. The smallest absolute Gasteiger partial charge is 0.119 e. The van der Waals surface area contributed by atoms with E-state index in [2.05, 4.69) is 55.6 Å². The lowest BCUT2D eigenvalue weighted by Gasteiger charge is -2.16. The Balaban J connectivity index is 1.84. The van der Waals surface area contributed by atoms with Gasteiger partial charge >= 0.3 is 0 Å². The number of nitrogens with one attached hydrogen (secondary N) is 1. The molecule has 2 atom stereocenters. The summed E-state index contributed by atoms with van der Waals surface area (Å²) < 4.78 is 5.53. The molecule has 0 unspecified atom stereocenters. The first kappa shape index (κ1) is 12.8. The topological polar surface area (TPSA) is 21.3 Å². The molecule has 2 aromatic rings. The van der Waals surface area contributed by atoms with Crippen LogP contribution in [0.1, 0.15) is 54.0 Å². The fourth-order valence-electron chi connectivity index (χ4n) is 3.91. The fraction of sp³-hybridized carbons (Fsp3) is 0.368. The Morgan fingerprint density at radius 2 is 1.95 bits per heavy atom. The maximum Gasteiger partial charge on any atom is 0.119 e. The van der Waals surface area contributed by atoms with E-state index in [1.807, 2.05) is 0 Å². The van der Waals surface area contributed by atoms with Crippen LogP contribution in [-0.2, 0) is 6.42 Å². The lowest BCUT2D eigenvalue weighted by atomic mass is 9.91. The zero-order chi connectivity index (χ0) is 14.6. The van der Waals surface area contributed by atoms with E-state index in [1.165, 1.54) is 27.9 Å². The van der Waals surface area contributed by atoms with Crippen molar-refractivity contribution < 1.29 is 4.74 Å².